The Labute approximate surface area is 172 Å². The molecule has 1 saturated heterocycles. The number of fused-ring (bicyclic) bond motifs is 1. The van der Waals surface area contributed by atoms with Crippen molar-refractivity contribution in [1.29, 1.82) is 0 Å². The molecule has 0 radical (unpaired) electrons. The van der Waals surface area contributed by atoms with Gasteiger partial charge in [0, 0.05) is 42.8 Å². The van der Waals surface area contributed by atoms with Crippen molar-refractivity contribution in [2.24, 2.45) is 0 Å². The third-order valence-electron chi connectivity index (χ3n) is 4.13. The Morgan fingerprint density at radius 3 is 2.57 bits per heavy atom. The van der Waals surface area contributed by atoms with E-state index in [4.69, 9.17) is 24.1 Å². The highest BCUT2D eigenvalue weighted by atomic mass is 16.5. The lowest BCUT2D eigenvalue weighted by Crippen LogP contribution is -2.41. The number of ether oxygens (including phenoxy) is 2. The molecule has 3 N–H and O–H groups in total. The predicted octanol–water partition coefficient (Wildman–Crippen LogP) is 1.82. The summed E-state index contributed by atoms with van der Waals surface area (Å²) in [4.78, 5) is 30.8. The van der Waals surface area contributed by atoms with E-state index < -0.39 is 11.9 Å². The first kappa shape index (κ1) is 23.1. The molecule has 2 heterocycles. The number of carbonyl (C=O) groups is 2. The van der Waals surface area contributed by atoms with Gasteiger partial charge in [0.2, 0.25) is 0 Å². The number of nitrogens with one attached hydrogen (secondary N) is 1. The summed E-state index contributed by atoms with van der Waals surface area (Å²) in [6.07, 6.45) is 3.03. The van der Waals surface area contributed by atoms with Crippen LogP contribution in [-0.4, -0.2) is 54.6 Å². The molecule has 3 rings (SSSR count). The van der Waals surface area contributed by atoms with Crippen LogP contribution < -0.4 is 15.7 Å². The van der Waals surface area contributed by atoms with Crippen molar-refractivity contribution in [3.63, 3.8) is 0 Å². The SMILES string of the molecule is CCCc1cc(=O)oc2cc(OCC3CNCCO3)ccc12.O=C(O)C=CC(=O)O. The van der Waals surface area contributed by atoms with Gasteiger partial charge in [0.05, 0.1) is 6.61 Å². The van der Waals surface area contributed by atoms with Crippen molar-refractivity contribution < 1.29 is 33.7 Å². The average molecular weight is 419 g/mol. The van der Waals surface area contributed by atoms with Crippen LogP contribution in [0.4, 0.5) is 0 Å². The van der Waals surface area contributed by atoms with Crippen molar-refractivity contribution in [3.8, 4) is 5.75 Å². The first-order chi connectivity index (χ1) is 14.4. The number of aliphatic carboxylic acids is 2. The monoisotopic (exact) mass is 419 g/mol. The van der Waals surface area contributed by atoms with Crippen LogP contribution >= 0.6 is 0 Å². The number of carboxylic acids is 2. The molecule has 0 spiro atoms. The highest BCUT2D eigenvalue weighted by molar-refractivity contribution is 5.89. The quantitative estimate of drug-likeness (QED) is 0.453. The Bertz CT molecular complexity index is 928. The summed E-state index contributed by atoms with van der Waals surface area (Å²) in [5, 5.41) is 19.9. The molecule has 1 aromatic heterocycles. The predicted molar refractivity (Wildman–Crippen MR) is 109 cm³/mol. The maximum atomic E-state index is 11.7. The molecule has 9 heteroatoms. The zero-order valence-corrected chi connectivity index (χ0v) is 16.6. The molecule has 0 amide bonds. The van der Waals surface area contributed by atoms with E-state index in [1.807, 2.05) is 12.1 Å². The van der Waals surface area contributed by atoms with Crippen LogP contribution in [0.25, 0.3) is 11.0 Å². The third-order valence-corrected chi connectivity index (χ3v) is 4.13. The van der Waals surface area contributed by atoms with E-state index in [0.29, 0.717) is 36.7 Å². The fourth-order valence-corrected chi connectivity index (χ4v) is 2.83. The summed E-state index contributed by atoms with van der Waals surface area (Å²) in [5.41, 5.74) is 1.30. The summed E-state index contributed by atoms with van der Waals surface area (Å²) in [7, 11) is 0. The first-order valence-corrected chi connectivity index (χ1v) is 9.55. The van der Waals surface area contributed by atoms with E-state index in [1.165, 1.54) is 0 Å². The molecule has 1 unspecified atom stereocenters. The fraction of sp³-hybridized carbons (Fsp3) is 0.381. The Morgan fingerprint density at radius 1 is 1.23 bits per heavy atom. The fourth-order valence-electron chi connectivity index (χ4n) is 2.83. The molecule has 0 saturated carbocycles. The van der Waals surface area contributed by atoms with Crippen LogP contribution in [0.15, 0.2) is 45.6 Å². The van der Waals surface area contributed by atoms with Gasteiger partial charge in [-0.25, -0.2) is 14.4 Å². The van der Waals surface area contributed by atoms with Gasteiger partial charge in [-0.05, 0) is 24.1 Å². The van der Waals surface area contributed by atoms with Crippen LogP contribution in [0, 0.1) is 0 Å². The summed E-state index contributed by atoms with van der Waals surface area (Å²) in [6, 6.07) is 7.23. The number of morpholine rings is 1. The minimum Gasteiger partial charge on any atom is -0.491 e. The maximum Gasteiger partial charge on any atom is 0.336 e. The van der Waals surface area contributed by atoms with Crippen LogP contribution in [0.5, 0.6) is 5.75 Å². The number of hydrogen-bond acceptors (Lipinski definition) is 7. The lowest BCUT2D eigenvalue weighted by Gasteiger charge is -2.23. The number of benzene rings is 1. The lowest BCUT2D eigenvalue weighted by atomic mass is 10.1. The van der Waals surface area contributed by atoms with Crippen molar-refractivity contribution in [2.45, 2.75) is 25.9 Å². The van der Waals surface area contributed by atoms with Crippen LogP contribution in [-0.2, 0) is 20.7 Å². The van der Waals surface area contributed by atoms with Gasteiger partial charge in [-0.3, -0.25) is 0 Å². The van der Waals surface area contributed by atoms with E-state index in [-0.39, 0.29) is 11.7 Å². The van der Waals surface area contributed by atoms with E-state index in [9.17, 15) is 14.4 Å². The second-order valence-electron chi connectivity index (χ2n) is 6.52. The molecule has 2 aromatic rings. The third kappa shape index (κ3) is 7.69. The molecule has 30 heavy (non-hydrogen) atoms. The molecule has 1 atom stereocenters. The van der Waals surface area contributed by atoms with Crippen molar-refractivity contribution in [2.75, 3.05) is 26.3 Å². The molecule has 1 aliphatic heterocycles. The van der Waals surface area contributed by atoms with Crippen LogP contribution in [0.1, 0.15) is 18.9 Å². The Kier molecular flexibility index (Phi) is 9.04. The molecule has 0 aliphatic carbocycles. The highest BCUT2D eigenvalue weighted by Crippen LogP contribution is 2.23. The van der Waals surface area contributed by atoms with Gasteiger partial charge >= 0.3 is 17.6 Å². The molecule has 1 fully saturated rings. The zero-order valence-electron chi connectivity index (χ0n) is 16.6. The second kappa shape index (κ2) is 11.7. The largest absolute Gasteiger partial charge is 0.491 e. The van der Waals surface area contributed by atoms with Gasteiger partial charge in [-0.2, -0.15) is 0 Å². The maximum absolute atomic E-state index is 11.7. The molecule has 162 valence electrons. The summed E-state index contributed by atoms with van der Waals surface area (Å²) in [6.45, 7) is 4.97. The van der Waals surface area contributed by atoms with Gasteiger partial charge in [-0.15, -0.1) is 0 Å². The summed E-state index contributed by atoms with van der Waals surface area (Å²) in [5.74, 6) is -1.82. The summed E-state index contributed by atoms with van der Waals surface area (Å²) < 4.78 is 16.7. The molecule has 9 nitrogen and oxygen atoms in total. The Morgan fingerprint density at radius 2 is 1.97 bits per heavy atom. The number of carboxylic acid groups (broad SMARTS) is 2. The van der Waals surface area contributed by atoms with Gasteiger partial charge in [0.15, 0.2) is 0 Å². The first-order valence-electron chi connectivity index (χ1n) is 9.55. The smallest absolute Gasteiger partial charge is 0.336 e. The normalized spacial score (nSPS) is 16.1. The molecular weight excluding hydrogens is 394 g/mol. The molecule has 1 aromatic carbocycles. The number of aryl methyl sites for hydroxylation is 1. The number of rotatable bonds is 7. The van der Waals surface area contributed by atoms with Crippen molar-refractivity contribution in [1.82, 2.24) is 5.32 Å². The van der Waals surface area contributed by atoms with Crippen molar-refractivity contribution >= 4 is 22.9 Å². The lowest BCUT2D eigenvalue weighted by molar-refractivity contribution is -0.134. The van der Waals surface area contributed by atoms with Gasteiger partial charge in [0.1, 0.15) is 24.0 Å². The second-order valence-corrected chi connectivity index (χ2v) is 6.52. The topological polar surface area (TPSA) is 135 Å². The Hall–Kier alpha value is -3.17. The summed E-state index contributed by atoms with van der Waals surface area (Å²) >= 11 is 0. The minimum atomic E-state index is -1.26. The van der Waals surface area contributed by atoms with Gasteiger partial charge < -0.3 is 29.4 Å². The van der Waals surface area contributed by atoms with E-state index >= 15 is 0 Å². The highest BCUT2D eigenvalue weighted by Gasteiger charge is 2.14. The van der Waals surface area contributed by atoms with E-state index in [0.717, 1.165) is 36.9 Å². The molecule has 0 bridgehead atoms. The standard InChI is InChI=1S/C17H21NO4.C4H4O4/c1-2-3-12-8-17(19)22-16-9-13(4-5-15(12)16)21-11-14-10-18-6-7-20-14;5-3(6)1-2-4(7)8/h4-5,8-9,14,18H,2-3,6-7,10-11H2,1H3;1-2H,(H,5,6)(H,7,8). The molecular formula is C21H25NO8. The van der Waals surface area contributed by atoms with E-state index in [2.05, 4.69) is 12.2 Å². The van der Waals surface area contributed by atoms with E-state index in [1.54, 1.807) is 12.1 Å². The van der Waals surface area contributed by atoms with Gasteiger partial charge in [0.25, 0.3) is 0 Å². The van der Waals surface area contributed by atoms with Crippen LogP contribution in [0.2, 0.25) is 0 Å². The average Bonchev–Trinajstić information content (AvgIpc) is 2.72. The van der Waals surface area contributed by atoms with Crippen LogP contribution in [0.3, 0.4) is 0 Å². The zero-order chi connectivity index (χ0) is 21.9. The number of hydrogen-bond donors (Lipinski definition) is 3. The Balaban J connectivity index is 0.000000343. The van der Waals surface area contributed by atoms with Crippen molar-refractivity contribution in [3.05, 3.63) is 52.4 Å². The molecule has 1 aliphatic rings. The minimum absolute atomic E-state index is 0.0582. The van der Waals surface area contributed by atoms with Gasteiger partial charge in [-0.1, -0.05) is 13.3 Å².